The maximum absolute atomic E-state index is 12.8. The summed E-state index contributed by atoms with van der Waals surface area (Å²) >= 11 is 12.6. The Morgan fingerprint density at radius 2 is 1.79 bits per heavy atom. The van der Waals surface area contributed by atoms with E-state index in [1.165, 1.54) is 6.42 Å². The van der Waals surface area contributed by atoms with Gasteiger partial charge in [-0.05, 0) is 39.0 Å². The van der Waals surface area contributed by atoms with Crippen molar-refractivity contribution in [2.45, 2.75) is 51.6 Å². The molecule has 0 radical (unpaired) electrons. The van der Waals surface area contributed by atoms with E-state index in [1.54, 1.807) is 10.9 Å². The Bertz CT molecular complexity index is 1150. The lowest BCUT2D eigenvalue weighted by atomic mass is 10.1. The number of amides is 2. The number of aromatic nitrogens is 6. The largest absolute Gasteiger partial charge is 0.325 e. The highest BCUT2D eigenvalue weighted by Gasteiger charge is 2.28. The lowest BCUT2D eigenvalue weighted by Gasteiger charge is -2.37. The lowest BCUT2D eigenvalue weighted by molar-refractivity contribution is 0.124. The van der Waals surface area contributed by atoms with Gasteiger partial charge in [0.15, 0.2) is 16.0 Å². The second kappa shape index (κ2) is 9.34. The number of aryl methyl sites for hydroxylation is 1. The van der Waals surface area contributed by atoms with Crippen molar-refractivity contribution in [3.8, 4) is 0 Å². The zero-order valence-electron chi connectivity index (χ0n) is 18.5. The molecule has 2 saturated heterocycles. The topological polar surface area (TPSA) is 97.0 Å². The molecular weight excluding hydrogens is 465 g/mol. The first-order valence-electron chi connectivity index (χ1n) is 11.5. The van der Waals surface area contributed by atoms with Crippen LogP contribution in [0.1, 0.15) is 45.1 Å². The molecule has 0 aliphatic carbocycles. The van der Waals surface area contributed by atoms with Crippen LogP contribution in [0.4, 0.5) is 16.4 Å². The number of carbonyl (C=O) groups excluding carboxylic acids is 1. The standard InChI is InChI=1S/C21H27Cl2N9O/c1-2-31-19-15(17(22)27-31)12-24-20(26-19)25-16-13-32(28-18(16)23)14-6-10-30(11-7-14)21(33)29-8-4-3-5-9-29/h12-14H,2-11H2,1H3,(H,24,25,26). The van der Waals surface area contributed by atoms with Gasteiger partial charge in [0, 0.05) is 38.9 Å². The average molecular weight is 492 g/mol. The minimum atomic E-state index is 0.174. The molecule has 0 spiro atoms. The van der Waals surface area contributed by atoms with Gasteiger partial charge in [0.1, 0.15) is 0 Å². The predicted molar refractivity (Wildman–Crippen MR) is 127 cm³/mol. The summed E-state index contributed by atoms with van der Waals surface area (Å²) in [7, 11) is 0. The summed E-state index contributed by atoms with van der Waals surface area (Å²) in [5.41, 5.74) is 1.30. The Kier molecular flexibility index (Phi) is 6.29. The van der Waals surface area contributed by atoms with Crippen LogP contribution in [0, 0.1) is 0 Å². The highest BCUT2D eigenvalue weighted by atomic mass is 35.5. The minimum Gasteiger partial charge on any atom is -0.325 e. The van der Waals surface area contributed by atoms with Gasteiger partial charge in [-0.1, -0.05) is 23.2 Å². The molecule has 12 heteroatoms. The van der Waals surface area contributed by atoms with E-state index in [2.05, 4.69) is 25.5 Å². The Hall–Kier alpha value is -2.59. The Labute approximate surface area is 201 Å². The smallest absolute Gasteiger partial charge is 0.319 e. The first-order valence-corrected chi connectivity index (χ1v) is 12.2. The molecule has 2 amide bonds. The van der Waals surface area contributed by atoms with Gasteiger partial charge in [0.2, 0.25) is 5.95 Å². The molecule has 2 fully saturated rings. The van der Waals surface area contributed by atoms with E-state index < -0.39 is 0 Å². The summed E-state index contributed by atoms with van der Waals surface area (Å²) in [6.45, 7) is 5.83. The van der Waals surface area contributed by atoms with Crippen molar-refractivity contribution >= 4 is 51.9 Å². The van der Waals surface area contributed by atoms with Gasteiger partial charge in [-0.3, -0.25) is 4.68 Å². The molecule has 0 atom stereocenters. The number of piperidine rings is 2. The molecule has 3 aromatic heterocycles. The van der Waals surface area contributed by atoms with E-state index in [-0.39, 0.29) is 12.1 Å². The van der Waals surface area contributed by atoms with E-state index in [1.807, 2.05) is 27.6 Å². The Morgan fingerprint density at radius 1 is 1.06 bits per heavy atom. The van der Waals surface area contributed by atoms with Crippen LogP contribution in [0.5, 0.6) is 0 Å². The highest BCUT2D eigenvalue weighted by Crippen LogP contribution is 2.30. The third-order valence-electron chi connectivity index (χ3n) is 6.41. The number of urea groups is 1. The van der Waals surface area contributed by atoms with E-state index in [9.17, 15) is 4.79 Å². The summed E-state index contributed by atoms with van der Waals surface area (Å²) in [6, 6.07) is 0.361. The van der Waals surface area contributed by atoms with Crippen LogP contribution in [0.15, 0.2) is 12.4 Å². The van der Waals surface area contributed by atoms with Crippen LogP contribution in [0.3, 0.4) is 0 Å². The number of rotatable bonds is 4. The molecule has 33 heavy (non-hydrogen) atoms. The van der Waals surface area contributed by atoms with Crippen molar-refractivity contribution in [1.29, 1.82) is 0 Å². The monoisotopic (exact) mass is 491 g/mol. The molecular formula is C21H27Cl2N9O. The van der Waals surface area contributed by atoms with Crippen molar-refractivity contribution in [3.63, 3.8) is 0 Å². The molecule has 3 aromatic rings. The number of hydrogen-bond acceptors (Lipinski definition) is 6. The number of carbonyl (C=O) groups is 1. The van der Waals surface area contributed by atoms with E-state index in [0.717, 1.165) is 51.9 Å². The zero-order valence-corrected chi connectivity index (χ0v) is 20.1. The van der Waals surface area contributed by atoms with Gasteiger partial charge in [-0.15, -0.1) is 0 Å². The molecule has 10 nitrogen and oxygen atoms in total. The first kappa shape index (κ1) is 22.2. The number of nitrogens with one attached hydrogen (secondary N) is 1. The quantitative estimate of drug-likeness (QED) is 0.582. The SMILES string of the molecule is CCn1nc(Cl)c2cnc(Nc3cn(C4CCN(C(=O)N5CCCCC5)CC4)nc3Cl)nc21. The molecule has 1 N–H and O–H groups in total. The fourth-order valence-electron chi connectivity index (χ4n) is 4.57. The number of nitrogens with zero attached hydrogens (tertiary/aromatic N) is 8. The van der Waals surface area contributed by atoms with Crippen molar-refractivity contribution in [3.05, 3.63) is 22.7 Å². The van der Waals surface area contributed by atoms with Gasteiger partial charge in [-0.2, -0.15) is 15.2 Å². The van der Waals surface area contributed by atoms with Crippen LogP contribution in [0.25, 0.3) is 11.0 Å². The zero-order chi connectivity index (χ0) is 22.9. The molecule has 0 aromatic carbocycles. The number of likely N-dealkylation sites (tertiary alicyclic amines) is 2. The summed E-state index contributed by atoms with van der Waals surface area (Å²) < 4.78 is 3.62. The predicted octanol–water partition coefficient (Wildman–Crippen LogP) is 4.34. The molecule has 5 heterocycles. The van der Waals surface area contributed by atoms with Gasteiger partial charge >= 0.3 is 6.03 Å². The summed E-state index contributed by atoms with van der Waals surface area (Å²) in [5, 5.41) is 13.4. The molecule has 0 unspecified atom stereocenters. The van der Waals surface area contributed by atoms with Gasteiger partial charge in [-0.25, -0.2) is 14.5 Å². The third-order valence-corrected chi connectivity index (χ3v) is 6.97. The molecule has 176 valence electrons. The fraction of sp³-hybridized carbons (Fsp3) is 0.571. The molecule has 5 rings (SSSR count). The van der Waals surface area contributed by atoms with Crippen molar-refractivity contribution in [2.24, 2.45) is 0 Å². The lowest BCUT2D eigenvalue weighted by Crippen LogP contribution is -2.48. The maximum atomic E-state index is 12.8. The number of halogens is 2. The van der Waals surface area contributed by atoms with Crippen LogP contribution in [0.2, 0.25) is 10.3 Å². The molecule has 0 saturated carbocycles. The minimum absolute atomic E-state index is 0.174. The Balaban J connectivity index is 1.25. The Morgan fingerprint density at radius 3 is 2.52 bits per heavy atom. The van der Waals surface area contributed by atoms with Crippen molar-refractivity contribution in [1.82, 2.24) is 39.3 Å². The summed E-state index contributed by atoms with van der Waals surface area (Å²) in [6.07, 6.45) is 8.65. The van der Waals surface area contributed by atoms with Crippen LogP contribution >= 0.6 is 23.2 Å². The number of anilines is 2. The summed E-state index contributed by atoms with van der Waals surface area (Å²) in [5.74, 6) is 0.400. The molecule has 0 bridgehead atoms. The molecule has 2 aliphatic heterocycles. The number of hydrogen-bond donors (Lipinski definition) is 1. The second-order valence-corrected chi connectivity index (χ2v) is 9.24. The normalized spacial score (nSPS) is 17.7. The fourth-order valence-corrected chi connectivity index (χ4v) is 4.98. The van der Waals surface area contributed by atoms with Gasteiger partial charge < -0.3 is 15.1 Å². The van der Waals surface area contributed by atoms with Crippen molar-refractivity contribution < 1.29 is 4.79 Å². The van der Waals surface area contributed by atoms with Crippen molar-refractivity contribution in [2.75, 3.05) is 31.5 Å². The summed E-state index contributed by atoms with van der Waals surface area (Å²) in [4.78, 5) is 25.6. The van der Waals surface area contributed by atoms with Crippen LogP contribution in [-0.2, 0) is 6.54 Å². The second-order valence-electron chi connectivity index (χ2n) is 8.52. The van der Waals surface area contributed by atoms with Crippen LogP contribution in [-0.4, -0.2) is 71.5 Å². The highest BCUT2D eigenvalue weighted by molar-refractivity contribution is 6.34. The van der Waals surface area contributed by atoms with E-state index in [0.29, 0.717) is 39.5 Å². The third kappa shape index (κ3) is 4.46. The van der Waals surface area contributed by atoms with E-state index >= 15 is 0 Å². The van der Waals surface area contributed by atoms with Crippen LogP contribution < -0.4 is 5.32 Å². The molecule has 2 aliphatic rings. The maximum Gasteiger partial charge on any atom is 0.319 e. The van der Waals surface area contributed by atoms with Gasteiger partial charge in [0.25, 0.3) is 0 Å². The van der Waals surface area contributed by atoms with E-state index in [4.69, 9.17) is 23.2 Å². The van der Waals surface area contributed by atoms with Gasteiger partial charge in [0.05, 0.1) is 23.3 Å². The first-order chi connectivity index (χ1) is 16.0. The number of fused-ring (bicyclic) bond motifs is 1. The average Bonchev–Trinajstić information content (AvgIpc) is 3.38.